The van der Waals surface area contributed by atoms with Crippen LogP contribution in [-0.4, -0.2) is 39.5 Å². The van der Waals surface area contributed by atoms with Crippen LogP contribution in [0, 0.1) is 12.8 Å². The van der Waals surface area contributed by atoms with Crippen LogP contribution in [0.4, 0.5) is 0 Å². The molecule has 1 aliphatic heterocycles. The highest BCUT2D eigenvalue weighted by molar-refractivity contribution is 5.95. The minimum absolute atomic E-state index is 0.0278. The molecule has 2 unspecified atom stereocenters. The minimum atomic E-state index is -0.937. The molecule has 102 valence electrons. The van der Waals surface area contributed by atoms with E-state index in [2.05, 4.69) is 4.98 Å². The van der Waals surface area contributed by atoms with Crippen LogP contribution >= 0.6 is 0 Å². The summed E-state index contributed by atoms with van der Waals surface area (Å²) in [5.41, 5.74) is 1.07. The topological polar surface area (TPSA) is 70.5 Å². The summed E-state index contributed by atoms with van der Waals surface area (Å²) < 4.78 is 0. The molecule has 0 bridgehead atoms. The van der Waals surface area contributed by atoms with Gasteiger partial charge in [0.2, 0.25) is 0 Å². The molecule has 1 fully saturated rings. The van der Waals surface area contributed by atoms with Crippen LogP contribution in [0.15, 0.2) is 18.2 Å². The van der Waals surface area contributed by atoms with Gasteiger partial charge in [-0.2, -0.15) is 0 Å². The Hall–Kier alpha value is -1.91. The molecule has 0 aromatic carbocycles. The monoisotopic (exact) mass is 262 g/mol. The number of pyridine rings is 1. The second-order valence-corrected chi connectivity index (χ2v) is 5.07. The van der Waals surface area contributed by atoms with Crippen molar-refractivity contribution in [3.05, 3.63) is 29.6 Å². The zero-order chi connectivity index (χ0) is 14.0. The number of hydrogen-bond acceptors (Lipinski definition) is 3. The molecule has 2 atom stereocenters. The van der Waals surface area contributed by atoms with Gasteiger partial charge in [0, 0.05) is 12.2 Å². The largest absolute Gasteiger partial charge is 0.480 e. The number of aromatic nitrogens is 1. The smallest absolute Gasteiger partial charge is 0.326 e. The first-order valence-electron chi connectivity index (χ1n) is 6.48. The third-order valence-electron chi connectivity index (χ3n) is 3.55. The third kappa shape index (κ3) is 2.75. The number of amides is 1. The molecule has 0 aliphatic carbocycles. The molecule has 1 aliphatic rings. The fourth-order valence-corrected chi connectivity index (χ4v) is 2.60. The first kappa shape index (κ1) is 13.5. The van der Waals surface area contributed by atoms with E-state index >= 15 is 0 Å². The van der Waals surface area contributed by atoms with Gasteiger partial charge in [0.05, 0.1) is 0 Å². The van der Waals surface area contributed by atoms with Crippen LogP contribution in [0.3, 0.4) is 0 Å². The average molecular weight is 262 g/mol. The predicted molar refractivity (Wildman–Crippen MR) is 69.8 cm³/mol. The fraction of sp³-hybridized carbons (Fsp3) is 0.500. The van der Waals surface area contributed by atoms with Crippen LogP contribution in [-0.2, 0) is 4.79 Å². The van der Waals surface area contributed by atoms with Gasteiger partial charge in [-0.1, -0.05) is 13.0 Å². The highest BCUT2D eigenvalue weighted by atomic mass is 16.4. The number of hydrogen-bond donors (Lipinski definition) is 1. The minimum Gasteiger partial charge on any atom is -0.480 e. The zero-order valence-electron chi connectivity index (χ0n) is 11.2. The molecule has 1 aromatic rings. The number of piperidine rings is 1. The Labute approximate surface area is 112 Å². The van der Waals surface area contributed by atoms with Gasteiger partial charge in [-0.3, -0.25) is 4.79 Å². The van der Waals surface area contributed by atoms with E-state index in [1.54, 1.807) is 12.1 Å². The lowest BCUT2D eigenvalue weighted by Crippen LogP contribution is -2.52. The molecule has 2 rings (SSSR count). The predicted octanol–water partition coefficient (Wildman–Crippen LogP) is 1.72. The molecule has 1 aromatic heterocycles. The van der Waals surface area contributed by atoms with Crippen molar-refractivity contribution in [2.45, 2.75) is 32.7 Å². The van der Waals surface area contributed by atoms with E-state index in [0.717, 1.165) is 18.5 Å². The number of carbonyl (C=O) groups excluding carboxylic acids is 1. The number of aryl methyl sites for hydroxylation is 1. The van der Waals surface area contributed by atoms with Gasteiger partial charge in [-0.05, 0) is 37.8 Å². The van der Waals surface area contributed by atoms with Crippen molar-refractivity contribution < 1.29 is 14.7 Å². The Morgan fingerprint density at radius 1 is 1.42 bits per heavy atom. The molecule has 2 heterocycles. The van der Waals surface area contributed by atoms with Crippen molar-refractivity contribution in [3.63, 3.8) is 0 Å². The number of rotatable bonds is 2. The summed E-state index contributed by atoms with van der Waals surface area (Å²) in [7, 11) is 0. The van der Waals surface area contributed by atoms with Crippen molar-refractivity contribution in [3.8, 4) is 0 Å². The number of carboxylic acid groups (broad SMARTS) is 1. The molecule has 5 heteroatoms. The standard InChI is InChI=1S/C14H18N2O3/c1-9-5-4-8-16(12(9)14(18)19)13(17)11-7-3-6-10(2)15-11/h3,6-7,9,12H,4-5,8H2,1-2H3,(H,18,19). The van der Waals surface area contributed by atoms with E-state index in [1.807, 2.05) is 19.9 Å². The lowest BCUT2D eigenvalue weighted by Gasteiger charge is -2.37. The second-order valence-electron chi connectivity index (χ2n) is 5.07. The lowest BCUT2D eigenvalue weighted by molar-refractivity contribution is -0.145. The Kier molecular flexibility index (Phi) is 3.83. The van der Waals surface area contributed by atoms with Crippen LogP contribution in [0.1, 0.15) is 35.9 Å². The van der Waals surface area contributed by atoms with Crippen molar-refractivity contribution in [2.24, 2.45) is 5.92 Å². The molecule has 1 N–H and O–H groups in total. The maximum Gasteiger partial charge on any atom is 0.326 e. The summed E-state index contributed by atoms with van der Waals surface area (Å²) in [5.74, 6) is -1.25. The highest BCUT2D eigenvalue weighted by Gasteiger charge is 2.37. The van der Waals surface area contributed by atoms with E-state index < -0.39 is 12.0 Å². The Morgan fingerprint density at radius 2 is 2.16 bits per heavy atom. The molecule has 1 amide bonds. The lowest BCUT2D eigenvalue weighted by atomic mass is 9.90. The van der Waals surface area contributed by atoms with Crippen LogP contribution in [0.25, 0.3) is 0 Å². The highest BCUT2D eigenvalue weighted by Crippen LogP contribution is 2.24. The summed E-state index contributed by atoms with van der Waals surface area (Å²) in [5, 5.41) is 9.32. The summed E-state index contributed by atoms with van der Waals surface area (Å²) >= 11 is 0. The molecular formula is C14H18N2O3. The molecule has 0 saturated carbocycles. The fourth-order valence-electron chi connectivity index (χ4n) is 2.60. The number of nitrogens with zero attached hydrogens (tertiary/aromatic N) is 2. The molecule has 0 radical (unpaired) electrons. The summed E-state index contributed by atoms with van der Waals surface area (Å²) in [4.78, 5) is 29.4. The Bertz CT molecular complexity index is 501. The van der Waals surface area contributed by atoms with E-state index in [0.29, 0.717) is 12.2 Å². The summed E-state index contributed by atoms with van der Waals surface area (Å²) in [6.07, 6.45) is 1.67. The zero-order valence-corrected chi connectivity index (χ0v) is 11.2. The summed E-state index contributed by atoms with van der Waals surface area (Å²) in [6.45, 7) is 4.17. The van der Waals surface area contributed by atoms with Crippen molar-refractivity contribution in [1.29, 1.82) is 0 Å². The van der Waals surface area contributed by atoms with Gasteiger partial charge >= 0.3 is 5.97 Å². The molecule has 0 spiro atoms. The number of carbonyl (C=O) groups is 2. The first-order chi connectivity index (χ1) is 9.00. The number of carboxylic acids is 1. The van der Waals surface area contributed by atoms with Crippen molar-refractivity contribution in [2.75, 3.05) is 6.54 Å². The number of aliphatic carboxylic acids is 1. The van der Waals surface area contributed by atoms with Crippen molar-refractivity contribution in [1.82, 2.24) is 9.88 Å². The van der Waals surface area contributed by atoms with E-state index in [-0.39, 0.29) is 11.8 Å². The Balaban J connectivity index is 2.28. The average Bonchev–Trinajstić information content (AvgIpc) is 2.37. The van der Waals surface area contributed by atoms with Gasteiger partial charge in [-0.15, -0.1) is 0 Å². The van der Waals surface area contributed by atoms with E-state index in [1.165, 1.54) is 4.90 Å². The van der Waals surface area contributed by atoms with Gasteiger partial charge < -0.3 is 10.0 Å². The van der Waals surface area contributed by atoms with Crippen molar-refractivity contribution >= 4 is 11.9 Å². The van der Waals surface area contributed by atoms with Crippen LogP contribution in [0.5, 0.6) is 0 Å². The van der Waals surface area contributed by atoms with Gasteiger partial charge in [0.15, 0.2) is 0 Å². The van der Waals surface area contributed by atoms with Crippen LogP contribution in [0.2, 0.25) is 0 Å². The molecule has 1 saturated heterocycles. The maximum absolute atomic E-state index is 12.4. The van der Waals surface area contributed by atoms with E-state index in [9.17, 15) is 14.7 Å². The Morgan fingerprint density at radius 3 is 2.79 bits per heavy atom. The van der Waals surface area contributed by atoms with E-state index in [4.69, 9.17) is 0 Å². The molecule has 5 nitrogen and oxygen atoms in total. The number of likely N-dealkylation sites (tertiary alicyclic amines) is 1. The third-order valence-corrected chi connectivity index (χ3v) is 3.55. The quantitative estimate of drug-likeness (QED) is 0.881. The summed E-state index contributed by atoms with van der Waals surface area (Å²) in [6, 6.07) is 4.46. The SMILES string of the molecule is Cc1cccc(C(=O)N2CCCC(C)C2C(=O)O)n1. The normalized spacial score (nSPS) is 23.2. The maximum atomic E-state index is 12.4. The van der Waals surface area contributed by atoms with Gasteiger partial charge in [0.1, 0.15) is 11.7 Å². The van der Waals surface area contributed by atoms with Gasteiger partial charge in [0.25, 0.3) is 5.91 Å². The second kappa shape index (κ2) is 5.38. The van der Waals surface area contributed by atoms with Gasteiger partial charge in [-0.25, -0.2) is 9.78 Å². The molecular weight excluding hydrogens is 244 g/mol. The first-order valence-corrected chi connectivity index (χ1v) is 6.48. The van der Waals surface area contributed by atoms with Crippen LogP contribution < -0.4 is 0 Å². The molecule has 19 heavy (non-hydrogen) atoms.